The standard InChI is InChI=1S/C11H16N4S/c1-7-6-8(11(2,3)4)12-9-13-10(16-5)14-15(7)9/h6H,1-5H3. The molecule has 0 aliphatic carbocycles. The lowest BCUT2D eigenvalue weighted by Gasteiger charge is -2.17. The summed E-state index contributed by atoms with van der Waals surface area (Å²) in [6, 6.07) is 2.08. The first kappa shape index (κ1) is 11.4. The van der Waals surface area contributed by atoms with Crippen LogP contribution in [0.1, 0.15) is 32.2 Å². The summed E-state index contributed by atoms with van der Waals surface area (Å²) in [7, 11) is 0. The first-order chi connectivity index (χ1) is 7.41. The number of fused-ring (bicyclic) bond motifs is 1. The van der Waals surface area contributed by atoms with E-state index in [0.717, 1.165) is 16.5 Å². The van der Waals surface area contributed by atoms with Crippen LogP contribution in [0, 0.1) is 6.92 Å². The molecule has 0 saturated heterocycles. The van der Waals surface area contributed by atoms with Crippen molar-refractivity contribution >= 4 is 17.5 Å². The summed E-state index contributed by atoms with van der Waals surface area (Å²) >= 11 is 1.53. The molecule has 0 unspecified atom stereocenters. The molecule has 0 aliphatic heterocycles. The van der Waals surface area contributed by atoms with E-state index in [9.17, 15) is 0 Å². The predicted molar refractivity (Wildman–Crippen MR) is 66.0 cm³/mol. The smallest absolute Gasteiger partial charge is 0.216 e. The number of nitrogens with zero attached hydrogens (tertiary/aromatic N) is 4. The van der Waals surface area contributed by atoms with E-state index in [4.69, 9.17) is 0 Å². The van der Waals surface area contributed by atoms with Crippen molar-refractivity contribution in [3.63, 3.8) is 0 Å². The lowest BCUT2D eigenvalue weighted by atomic mass is 9.92. The van der Waals surface area contributed by atoms with Gasteiger partial charge in [0.05, 0.1) is 5.69 Å². The Balaban J connectivity index is 2.67. The molecule has 0 N–H and O–H groups in total. The van der Waals surface area contributed by atoms with Crippen LogP contribution in [0.4, 0.5) is 0 Å². The summed E-state index contributed by atoms with van der Waals surface area (Å²) < 4.78 is 1.79. The number of hydrogen-bond donors (Lipinski definition) is 0. The van der Waals surface area contributed by atoms with Gasteiger partial charge in [0.25, 0.3) is 5.78 Å². The van der Waals surface area contributed by atoms with Gasteiger partial charge in [0, 0.05) is 11.1 Å². The SMILES string of the molecule is CSc1nc2nc(C(C)(C)C)cc(C)n2n1. The van der Waals surface area contributed by atoms with Crippen molar-refractivity contribution in [2.45, 2.75) is 38.3 Å². The zero-order chi connectivity index (χ0) is 11.9. The van der Waals surface area contributed by atoms with Crippen LogP contribution in [0.3, 0.4) is 0 Å². The van der Waals surface area contributed by atoms with Crippen molar-refractivity contribution in [2.75, 3.05) is 6.26 Å². The molecule has 0 atom stereocenters. The number of aromatic nitrogens is 4. The van der Waals surface area contributed by atoms with E-state index >= 15 is 0 Å². The molecule has 2 rings (SSSR count). The van der Waals surface area contributed by atoms with Crippen molar-refractivity contribution < 1.29 is 0 Å². The summed E-state index contributed by atoms with van der Waals surface area (Å²) in [6.45, 7) is 8.48. The molecule has 0 saturated carbocycles. The van der Waals surface area contributed by atoms with Gasteiger partial charge < -0.3 is 0 Å². The molecule has 4 nitrogen and oxygen atoms in total. The Hall–Kier alpha value is -1.10. The highest BCUT2D eigenvalue weighted by atomic mass is 32.2. The van der Waals surface area contributed by atoms with E-state index in [1.165, 1.54) is 11.8 Å². The van der Waals surface area contributed by atoms with Gasteiger partial charge in [-0.15, -0.1) is 5.10 Å². The maximum absolute atomic E-state index is 4.55. The highest BCUT2D eigenvalue weighted by Gasteiger charge is 2.18. The molecule has 0 fully saturated rings. The Kier molecular flexibility index (Phi) is 2.66. The fourth-order valence-electron chi connectivity index (χ4n) is 1.46. The lowest BCUT2D eigenvalue weighted by Crippen LogP contribution is -2.15. The average molecular weight is 236 g/mol. The summed E-state index contributed by atoms with van der Waals surface area (Å²) in [5.41, 5.74) is 2.16. The van der Waals surface area contributed by atoms with E-state index < -0.39 is 0 Å². The molecular weight excluding hydrogens is 220 g/mol. The van der Waals surface area contributed by atoms with Crippen molar-refractivity contribution in [3.8, 4) is 0 Å². The minimum Gasteiger partial charge on any atom is -0.216 e. The third kappa shape index (κ3) is 1.91. The van der Waals surface area contributed by atoms with Crippen LogP contribution in [0.25, 0.3) is 5.78 Å². The quantitative estimate of drug-likeness (QED) is 0.713. The first-order valence-electron chi connectivity index (χ1n) is 5.20. The normalized spacial score (nSPS) is 12.3. The molecule has 0 aromatic carbocycles. The van der Waals surface area contributed by atoms with Gasteiger partial charge in [-0.1, -0.05) is 32.5 Å². The van der Waals surface area contributed by atoms with E-state index in [1.807, 2.05) is 13.2 Å². The lowest BCUT2D eigenvalue weighted by molar-refractivity contribution is 0.566. The number of hydrogen-bond acceptors (Lipinski definition) is 4. The Morgan fingerprint density at radius 1 is 1.25 bits per heavy atom. The largest absolute Gasteiger partial charge is 0.253 e. The predicted octanol–water partition coefficient (Wildman–Crippen LogP) is 2.45. The molecule has 0 aliphatic rings. The fourth-order valence-corrected chi connectivity index (χ4v) is 1.80. The topological polar surface area (TPSA) is 43.1 Å². The van der Waals surface area contributed by atoms with Gasteiger partial charge in [-0.25, -0.2) is 9.50 Å². The van der Waals surface area contributed by atoms with Crippen LogP contribution in [0.2, 0.25) is 0 Å². The first-order valence-corrected chi connectivity index (χ1v) is 6.43. The Bertz CT molecular complexity index is 524. The van der Waals surface area contributed by atoms with E-state index in [0.29, 0.717) is 5.78 Å². The van der Waals surface area contributed by atoms with Crippen molar-refractivity contribution in [1.29, 1.82) is 0 Å². The highest BCUT2D eigenvalue weighted by molar-refractivity contribution is 7.98. The average Bonchev–Trinajstić information content (AvgIpc) is 2.59. The third-order valence-corrected chi connectivity index (χ3v) is 2.96. The number of thioether (sulfide) groups is 1. The van der Waals surface area contributed by atoms with Gasteiger partial charge in [-0.2, -0.15) is 4.98 Å². The van der Waals surface area contributed by atoms with Crippen molar-refractivity contribution in [1.82, 2.24) is 19.6 Å². The maximum atomic E-state index is 4.55. The second-order valence-corrected chi connectivity index (χ2v) is 5.62. The molecule has 2 heterocycles. The monoisotopic (exact) mass is 236 g/mol. The fraction of sp³-hybridized carbons (Fsp3) is 0.545. The second-order valence-electron chi connectivity index (χ2n) is 4.84. The molecule has 0 amide bonds. The number of rotatable bonds is 1. The van der Waals surface area contributed by atoms with Gasteiger partial charge >= 0.3 is 0 Å². The van der Waals surface area contributed by atoms with Crippen LogP contribution in [0.5, 0.6) is 0 Å². The molecule has 5 heteroatoms. The molecule has 0 spiro atoms. The van der Waals surface area contributed by atoms with Crippen LogP contribution >= 0.6 is 11.8 Å². The Labute approximate surface area is 99.5 Å². The Morgan fingerprint density at radius 3 is 2.50 bits per heavy atom. The third-order valence-electron chi connectivity index (χ3n) is 2.42. The Morgan fingerprint density at radius 2 is 1.94 bits per heavy atom. The summed E-state index contributed by atoms with van der Waals surface area (Å²) in [5, 5.41) is 5.13. The van der Waals surface area contributed by atoms with Crippen LogP contribution in [-0.4, -0.2) is 25.8 Å². The van der Waals surface area contributed by atoms with Gasteiger partial charge in [-0.3, -0.25) is 0 Å². The highest BCUT2D eigenvalue weighted by Crippen LogP contribution is 2.22. The summed E-state index contributed by atoms with van der Waals surface area (Å²) in [6.07, 6.45) is 1.97. The zero-order valence-corrected chi connectivity index (χ0v) is 11.1. The van der Waals surface area contributed by atoms with Crippen LogP contribution < -0.4 is 0 Å². The molecule has 16 heavy (non-hydrogen) atoms. The minimum atomic E-state index is 0.0397. The minimum absolute atomic E-state index is 0.0397. The van der Waals surface area contributed by atoms with Crippen molar-refractivity contribution in [3.05, 3.63) is 17.5 Å². The molecule has 86 valence electrons. The molecule has 0 radical (unpaired) electrons. The van der Waals surface area contributed by atoms with E-state index in [1.54, 1.807) is 4.52 Å². The van der Waals surface area contributed by atoms with Gasteiger partial charge in [-0.05, 0) is 19.2 Å². The van der Waals surface area contributed by atoms with E-state index in [2.05, 4.69) is 41.9 Å². The van der Waals surface area contributed by atoms with Gasteiger partial charge in [0.1, 0.15) is 0 Å². The van der Waals surface area contributed by atoms with Gasteiger partial charge in [0.2, 0.25) is 5.16 Å². The number of aryl methyl sites for hydroxylation is 1. The summed E-state index contributed by atoms with van der Waals surface area (Å²) in [4.78, 5) is 8.92. The second kappa shape index (κ2) is 3.73. The van der Waals surface area contributed by atoms with Gasteiger partial charge in [0.15, 0.2) is 0 Å². The molecule has 0 bridgehead atoms. The van der Waals surface area contributed by atoms with Crippen LogP contribution in [-0.2, 0) is 5.41 Å². The maximum Gasteiger partial charge on any atom is 0.253 e. The van der Waals surface area contributed by atoms with Crippen molar-refractivity contribution in [2.24, 2.45) is 0 Å². The molecule has 2 aromatic heterocycles. The molecular formula is C11H16N4S. The summed E-state index contributed by atoms with van der Waals surface area (Å²) in [5.74, 6) is 0.689. The molecule has 2 aromatic rings. The zero-order valence-electron chi connectivity index (χ0n) is 10.3. The van der Waals surface area contributed by atoms with Crippen LogP contribution in [0.15, 0.2) is 11.2 Å². The van der Waals surface area contributed by atoms with E-state index in [-0.39, 0.29) is 5.41 Å².